The van der Waals surface area contributed by atoms with E-state index in [0.29, 0.717) is 0 Å². The summed E-state index contributed by atoms with van der Waals surface area (Å²) in [6, 6.07) is 0.218. The maximum absolute atomic E-state index is 5.55. The Kier molecular flexibility index (Phi) is 3.48. The van der Waals surface area contributed by atoms with Gasteiger partial charge in [-0.1, -0.05) is 0 Å². The zero-order valence-electron chi connectivity index (χ0n) is 6.58. The first kappa shape index (κ1) is 8.64. The molecular weight excluding hydrogens is 158 g/mol. The van der Waals surface area contributed by atoms with Gasteiger partial charge in [-0.3, -0.25) is 0 Å². The topological polar surface area (TPSA) is 50.9 Å². The Balaban J connectivity index is 2.14. The van der Waals surface area contributed by atoms with Crippen LogP contribution in [-0.2, 0) is 6.54 Å². The number of aromatic nitrogens is 1. The molecular formula is C7H13N3S. The van der Waals surface area contributed by atoms with Crippen LogP contribution in [0.25, 0.3) is 0 Å². The van der Waals surface area contributed by atoms with Crippen LogP contribution < -0.4 is 11.1 Å². The van der Waals surface area contributed by atoms with Gasteiger partial charge in [-0.25, -0.2) is 4.98 Å². The highest BCUT2D eigenvalue weighted by Crippen LogP contribution is 2.01. The van der Waals surface area contributed by atoms with Crippen molar-refractivity contribution in [3.05, 3.63) is 16.6 Å². The van der Waals surface area contributed by atoms with Crippen LogP contribution in [0.15, 0.2) is 11.6 Å². The molecule has 0 aliphatic rings. The van der Waals surface area contributed by atoms with Gasteiger partial charge in [0.05, 0.1) is 0 Å². The average Bonchev–Trinajstić information content (AvgIpc) is 2.39. The van der Waals surface area contributed by atoms with Gasteiger partial charge in [0.25, 0.3) is 0 Å². The summed E-state index contributed by atoms with van der Waals surface area (Å²) in [5, 5.41) is 6.30. The molecule has 1 atom stereocenters. The van der Waals surface area contributed by atoms with Gasteiger partial charge in [-0.2, -0.15) is 0 Å². The molecule has 11 heavy (non-hydrogen) atoms. The largest absolute Gasteiger partial charge is 0.327 e. The number of nitrogens with two attached hydrogens (primary N) is 1. The lowest BCUT2D eigenvalue weighted by Crippen LogP contribution is -2.30. The molecule has 0 amide bonds. The lowest BCUT2D eigenvalue weighted by atomic mass is 10.4. The molecule has 0 saturated heterocycles. The van der Waals surface area contributed by atoms with Gasteiger partial charge in [0.15, 0.2) is 0 Å². The summed E-state index contributed by atoms with van der Waals surface area (Å²) < 4.78 is 0. The lowest BCUT2D eigenvalue weighted by Gasteiger charge is -2.04. The third kappa shape index (κ3) is 3.46. The predicted molar refractivity (Wildman–Crippen MR) is 47.5 cm³/mol. The van der Waals surface area contributed by atoms with Crippen molar-refractivity contribution in [2.75, 3.05) is 6.54 Å². The highest BCUT2D eigenvalue weighted by molar-refractivity contribution is 7.09. The standard InChI is InChI=1S/C7H13N3S/c1-6(8)4-9-5-7-10-2-3-11-7/h2-3,6,9H,4-5,8H2,1H3. The van der Waals surface area contributed by atoms with Crippen molar-refractivity contribution in [3.63, 3.8) is 0 Å². The molecule has 4 heteroatoms. The van der Waals surface area contributed by atoms with Gasteiger partial charge in [0.1, 0.15) is 5.01 Å². The second-order valence-corrected chi connectivity index (χ2v) is 3.51. The van der Waals surface area contributed by atoms with Gasteiger partial charge in [-0.05, 0) is 6.92 Å². The highest BCUT2D eigenvalue weighted by Gasteiger charge is 1.95. The molecule has 1 aromatic heterocycles. The zero-order chi connectivity index (χ0) is 8.10. The van der Waals surface area contributed by atoms with Gasteiger partial charge < -0.3 is 11.1 Å². The number of nitrogens with one attached hydrogen (secondary N) is 1. The molecule has 0 radical (unpaired) electrons. The zero-order valence-corrected chi connectivity index (χ0v) is 7.40. The molecule has 0 spiro atoms. The Bertz CT molecular complexity index is 184. The quantitative estimate of drug-likeness (QED) is 0.696. The first-order chi connectivity index (χ1) is 5.29. The molecule has 3 N–H and O–H groups in total. The van der Waals surface area contributed by atoms with Crippen molar-refractivity contribution < 1.29 is 0 Å². The van der Waals surface area contributed by atoms with Crippen LogP contribution in [0.4, 0.5) is 0 Å². The summed E-state index contributed by atoms with van der Waals surface area (Å²) in [6.45, 7) is 3.66. The van der Waals surface area contributed by atoms with Crippen LogP contribution in [0.3, 0.4) is 0 Å². The summed E-state index contributed by atoms with van der Waals surface area (Å²) >= 11 is 1.66. The maximum atomic E-state index is 5.55. The molecule has 0 aliphatic carbocycles. The van der Waals surface area contributed by atoms with E-state index in [1.165, 1.54) is 0 Å². The van der Waals surface area contributed by atoms with Gasteiger partial charge in [0.2, 0.25) is 0 Å². The van der Waals surface area contributed by atoms with E-state index in [1.54, 1.807) is 11.3 Å². The van der Waals surface area contributed by atoms with Crippen molar-refractivity contribution in [3.8, 4) is 0 Å². The van der Waals surface area contributed by atoms with Crippen LogP contribution in [0.1, 0.15) is 11.9 Å². The van der Waals surface area contributed by atoms with E-state index in [4.69, 9.17) is 5.73 Å². The van der Waals surface area contributed by atoms with E-state index >= 15 is 0 Å². The molecule has 0 bridgehead atoms. The van der Waals surface area contributed by atoms with E-state index in [1.807, 2.05) is 18.5 Å². The summed E-state index contributed by atoms with van der Waals surface area (Å²) in [4.78, 5) is 4.13. The van der Waals surface area contributed by atoms with Crippen molar-refractivity contribution >= 4 is 11.3 Å². The lowest BCUT2D eigenvalue weighted by molar-refractivity contribution is 0.607. The SMILES string of the molecule is CC(N)CNCc1nccs1. The van der Waals surface area contributed by atoms with Crippen LogP contribution in [-0.4, -0.2) is 17.6 Å². The van der Waals surface area contributed by atoms with Crippen molar-refractivity contribution in [1.29, 1.82) is 0 Å². The minimum absolute atomic E-state index is 0.218. The van der Waals surface area contributed by atoms with Crippen molar-refractivity contribution in [2.45, 2.75) is 19.5 Å². The van der Waals surface area contributed by atoms with Gasteiger partial charge in [0, 0.05) is 30.7 Å². The average molecular weight is 171 g/mol. The molecule has 0 aromatic carbocycles. The van der Waals surface area contributed by atoms with Gasteiger partial charge >= 0.3 is 0 Å². The van der Waals surface area contributed by atoms with Crippen LogP contribution in [0.5, 0.6) is 0 Å². The Morgan fingerprint density at radius 2 is 2.64 bits per heavy atom. The van der Waals surface area contributed by atoms with E-state index in [-0.39, 0.29) is 6.04 Å². The third-order valence-electron chi connectivity index (χ3n) is 1.23. The normalized spacial score (nSPS) is 13.3. The molecule has 1 heterocycles. The van der Waals surface area contributed by atoms with Crippen LogP contribution in [0, 0.1) is 0 Å². The number of nitrogens with zero attached hydrogens (tertiary/aromatic N) is 1. The Morgan fingerprint density at radius 1 is 1.82 bits per heavy atom. The van der Waals surface area contributed by atoms with Gasteiger partial charge in [-0.15, -0.1) is 11.3 Å². The fourth-order valence-electron chi connectivity index (χ4n) is 0.747. The monoisotopic (exact) mass is 171 g/mol. The predicted octanol–water partition coefficient (Wildman–Crippen LogP) is 0.580. The van der Waals surface area contributed by atoms with Crippen molar-refractivity contribution in [2.24, 2.45) is 5.73 Å². The molecule has 0 saturated carbocycles. The minimum Gasteiger partial charge on any atom is -0.327 e. The summed E-state index contributed by atoms with van der Waals surface area (Å²) in [5.74, 6) is 0. The molecule has 1 unspecified atom stereocenters. The van der Waals surface area contributed by atoms with E-state index in [9.17, 15) is 0 Å². The number of thiazole rings is 1. The Hall–Kier alpha value is -0.450. The minimum atomic E-state index is 0.218. The Labute approximate surface area is 70.6 Å². The summed E-state index contributed by atoms with van der Waals surface area (Å²) in [5.41, 5.74) is 5.55. The number of hydrogen-bond donors (Lipinski definition) is 2. The number of hydrogen-bond acceptors (Lipinski definition) is 4. The second kappa shape index (κ2) is 4.43. The molecule has 1 rings (SSSR count). The smallest absolute Gasteiger partial charge is 0.106 e. The van der Waals surface area contributed by atoms with Crippen LogP contribution >= 0.6 is 11.3 Å². The summed E-state index contributed by atoms with van der Waals surface area (Å²) in [6.07, 6.45) is 1.81. The van der Waals surface area contributed by atoms with Crippen LogP contribution in [0.2, 0.25) is 0 Å². The van der Waals surface area contributed by atoms with E-state index in [0.717, 1.165) is 18.1 Å². The second-order valence-electron chi connectivity index (χ2n) is 2.53. The third-order valence-corrected chi connectivity index (χ3v) is 2.01. The fraction of sp³-hybridized carbons (Fsp3) is 0.571. The van der Waals surface area contributed by atoms with E-state index < -0.39 is 0 Å². The highest BCUT2D eigenvalue weighted by atomic mass is 32.1. The molecule has 1 aromatic rings. The molecule has 0 aliphatic heterocycles. The maximum Gasteiger partial charge on any atom is 0.106 e. The summed E-state index contributed by atoms with van der Waals surface area (Å²) in [7, 11) is 0. The first-order valence-electron chi connectivity index (χ1n) is 3.63. The molecule has 0 fully saturated rings. The first-order valence-corrected chi connectivity index (χ1v) is 4.51. The van der Waals surface area contributed by atoms with Crippen molar-refractivity contribution in [1.82, 2.24) is 10.3 Å². The fourth-order valence-corrected chi connectivity index (χ4v) is 1.33. The van der Waals surface area contributed by atoms with E-state index in [2.05, 4.69) is 10.3 Å². The molecule has 3 nitrogen and oxygen atoms in total. The molecule has 62 valence electrons. The Morgan fingerprint density at radius 3 is 3.18 bits per heavy atom. The number of rotatable bonds is 4.